The molecular weight excluding hydrogens is 305 g/mol. The number of nitrogens with one attached hydrogen (secondary N) is 1. The minimum Gasteiger partial charge on any atom is -0.317 e. The molecule has 0 heterocycles. The van der Waals surface area contributed by atoms with E-state index >= 15 is 0 Å². The largest absolute Gasteiger partial charge is 0.317 e. The van der Waals surface area contributed by atoms with Gasteiger partial charge < -0.3 is 5.32 Å². The molecule has 0 bridgehead atoms. The second-order valence-electron chi connectivity index (χ2n) is 5.13. The first kappa shape index (κ1) is 16.6. The lowest BCUT2D eigenvalue weighted by Gasteiger charge is -2.16. The van der Waals surface area contributed by atoms with Crippen molar-refractivity contribution >= 4 is 15.9 Å². The van der Waals surface area contributed by atoms with E-state index in [2.05, 4.69) is 28.2 Å². The first-order valence-corrected chi connectivity index (χ1v) is 8.07. The maximum Gasteiger partial charge on any atom is 0.127 e. The normalized spacial score (nSPS) is 12.6. The van der Waals surface area contributed by atoms with Crippen molar-refractivity contribution in [2.75, 3.05) is 7.05 Å². The van der Waals surface area contributed by atoms with Gasteiger partial charge in [0.25, 0.3) is 0 Å². The summed E-state index contributed by atoms with van der Waals surface area (Å²) in [5, 5.41) is 3.30. The van der Waals surface area contributed by atoms with Crippen LogP contribution >= 0.6 is 15.9 Å². The summed E-state index contributed by atoms with van der Waals surface area (Å²) in [7, 11) is 1.97. The zero-order valence-electron chi connectivity index (χ0n) is 12.0. The average Bonchev–Trinajstić information content (AvgIpc) is 2.39. The first-order chi connectivity index (χ1) is 9.17. The van der Waals surface area contributed by atoms with Crippen LogP contribution in [0.3, 0.4) is 0 Å². The summed E-state index contributed by atoms with van der Waals surface area (Å²) in [6.07, 6.45) is 8.32. The highest BCUT2D eigenvalue weighted by Gasteiger charge is 2.10. The molecule has 0 amide bonds. The molecule has 1 atom stereocenters. The number of likely N-dealkylation sites (N-methyl/N-ethyl adjacent to an activating group) is 1. The predicted molar refractivity (Wildman–Crippen MR) is 84.0 cm³/mol. The van der Waals surface area contributed by atoms with Gasteiger partial charge in [-0.1, -0.05) is 61.0 Å². The Kier molecular flexibility index (Phi) is 8.31. The molecule has 1 aromatic carbocycles. The van der Waals surface area contributed by atoms with Crippen molar-refractivity contribution in [3.63, 3.8) is 0 Å². The molecule has 3 heteroatoms. The third-order valence-corrected chi connectivity index (χ3v) is 4.04. The van der Waals surface area contributed by atoms with Crippen LogP contribution in [0.15, 0.2) is 22.7 Å². The van der Waals surface area contributed by atoms with Gasteiger partial charge in [-0.3, -0.25) is 0 Å². The standard InChI is InChI=1S/C16H25BrFN/c1-3-4-5-6-7-8-15(19-2)11-13-9-10-14(17)12-16(13)18/h9-10,12,15,19H,3-8,11H2,1-2H3. The minimum absolute atomic E-state index is 0.111. The third kappa shape index (κ3) is 6.53. The molecule has 108 valence electrons. The highest BCUT2D eigenvalue weighted by molar-refractivity contribution is 9.10. The lowest BCUT2D eigenvalue weighted by molar-refractivity contribution is 0.473. The topological polar surface area (TPSA) is 12.0 Å². The van der Waals surface area contributed by atoms with E-state index in [0.717, 1.165) is 22.9 Å². The van der Waals surface area contributed by atoms with Crippen molar-refractivity contribution < 1.29 is 4.39 Å². The molecular formula is C16H25BrFN. The SMILES string of the molecule is CCCCCCCC(Cc1ccc(Br)cc1F)NC. The quantitative estimate of drug-likeness (QED) is 0.623. The second kappa shape index (κ2) is 9.49. The molecule has 0 saturated carbocycles. The fourth-order valence-corrected chi connectivity index (χ4v) is 2.63. The zero-order valence-corrected chi connectivity index (χ0v) is 13.6. The molecule has 0 aromatic heterocycles. The average molecular weight is 330 g/mol. The molecule has 0 radical (unpaired) electrons. The molecule has 1 unspecified atom stereocenters. The highest BCUT2D eigenvalue weighted by atomic mass is 79.9. The Labute approximate surface area is 125 Å². The Morgan fingerprint density at radius 1 is 1.21 bits per heavy atom. The van der Waals surface area contributed by atoms with E-state index in [9.17, 15) is 4.39 Å². The van der Waals surface area contributed by atoms with Gasteiger partial charge in [-0.15, -0.1) is 0 Å². The number of halogens is 2. The number of unbranched alkanes of at least 4 members (excludes halogenated alkanes) is 4. The summed E-state index contributed by atoms with van der Waals surface area (Å²) in [5.41, 5.74) is 0.802. The van der Waals surface area contributed by atoms with Crippen LogP contribution in [0.4, 0.5) is 4.39 Å². The van der Waals surface area contributed by atoms with Crippen LogP contribution in [-0.4, -0.2) is 13.1 Å². The Morgan fingerprint density at radius 3 is 2.58 bits per heavy atom. The zero-order chi connectivity index (χ0) is 14.1. The van der Waals surface area contributed by atoms with Gasteiger partial charge in [0.2, 0.25) is 0 Å². The Balaban J connectivity index is 2.39. The van der Waals surface area contributed by atoms with Crippen molar-refractivity contribution in [2.45, 2.75) is 57.9 Å². The van der Waals surface area contributed by atoms with Crippen molar-refractivity contribution in [2.24, 2.45) is 0 Å². The third-order valence-electron chi connectivity index (χ3n) is 3.55. The van der Waals surface area contributed by atoms with Gasteiger partial charge in [-0.25, -0.2) is 4.39 Å². The Bertz CT molecular complexity index is 368. The summed E-state index contributed by atoms with van der Waals surface area (Å²) in [4.78, 5) is 0. The summed E-state index contributed by atoms with van der Waals surface area (Å²) in [6.45, 7) is 2.23. The van der Waals surface area contributed by atoms with Crippen LogP contribution in [0.2, 0.25) is 0 Å². The van der Waals surface area contributed by atoms with Crippen molar-refractivity contribution in [1.82, 2.24) is 5.32 Å². The molecule has 0 aliphatic heterocycles. The van der Waals surface area contributed by atoms with Gasteiger partial charge in [-0.05, 0) is 37.6 Å². The van der Waals surface area contributed by atoms with Gasteiger partial charge in [0.15, 0.2) is 0 Å². The highest BCUT2D eigenvalue weighted by Crippen LogP contribution is 2.18. The van der Waals surface area contributed by atoms with Crippen LogP contribution in [-0.2, 0) is 6.42 Å². The van der Waals surface area contributed by atoms with E-state index in [1.54, 1.807) is 6.07 Å². The summed E-state index contributed by atoms with van der Waals surface area (Å²) < 4.78 is 14.6. The van der Waals surface area contributed by atoms with E-state index in [-0.39, 0.29) is 5.82 Å². The van der Waals surface area contributed by atoms with E-state index < -0.39 is 0 Å². The number of rotatable bonds is 9. The molecule has 0 saturated heterocycles. The van der Waals surface area contributed by atoms with Gasteiger partial charge >= 0.3 is 0 Å². The van der Waals surface area contributed by atoms with E-state index in [1.807, 2.05) is 19.2 Å². The van der Waals surface area contributed by atoms with Crippen LogP contribution in [0, 0.1) is 5.82 Å². The van der Waals surface area contributed by atoms with Crippen LogP contribution in [0.5, 0.6) is 0 Å². The molecule has 1 rings (SSSR count). The molecule has 19 heavy (non-hydrogen) atoms. The Morgan fingerprint density at radius 2 is 1.95 bits per heavy atom. The minimum atomic E-state index is -0.111. The molecule has 1 nitrogen and oxygen atoms in total. The van der Waals surface area contributed by atoms with Crippen LogP contribution in [0.25, 0.3) is 0 Å². The molecule has 0 fully saturated rings. The first-order valence-electron chi connectivity index (χ1n) is 7.28. The van der Waals surface area contributed by atoms with Crippen molar-refractivity contribution in [3.8, 4) is 0 Å². The summed E-state index contributed by atoms with van der Waals surface area (Å²) in [6, 6.07) is 5.70. The number of hydrogen-bond donors (Lipinski definition) is 1. The molecule has 0 spiro atoms. The van der Waals surface area contributed by atoms with E-state index in [4.69, 9.17) is 0 Å². The van der Waals surface area contributed by atoms with E-state index in [0.29, 0.717) is 6.04 Å². The molecule has 0 aliphatic rings. The molecule has 1 N–H and O–H groups in total. The number of benzene rings is 1. The fourth-order valence-electron chi connectivity index (χ4n) is 2.30. The lowest BCUT2D eigenvalue weighted by atomic mass is 9.99. The van der Waals surface area contributed by atoms with E-state index in [1.165, 1.54) is 32.1 Å². The summed E-state index contributed by atoms with van der Waals surface area (Å²) >= 11 is 3.29. The van der Waals surface area contributed by atoms with Gasteiger partial charge in [0, 0.05) is 10.5 Å². The van der Waals surface area contributed by atoms with Crippen LogP contribution < -0.4 is 5.32 Å². The molecule has 1 aromatic rings. The fraction of sp³-hybridized carbons (Fsp3) is 0.625. The second-order valence-corrected chi connectivity index (χ2v) is 6.04. The predicted octanol–water partition coefficient (Wildman–Crippen LogP) is 5.08. The van der Waals surface area contributed by atoms with Crippen molar-refractivity contribution in [1.29, 1.82) is 0 Å². The monoisotopic (exact) mass is 329 g/mol. The lowest BCUT2D eigenvalue weighted by Crippen LogP contribution is -2.27. The smallest absolute Gasteiger partial charge is 0.127 e. The number of hydrogen-bond acceptors (Lipinski definition) is 1. The molecule has 0 aliphatic carbocycles. The maximum absolute atomic E-state index is 13.8. The van der Waals surface area contributed by atoms with Gasteiger partial charge in [0.05, 0.1) is 0 Å². The van der Waals surface area contributed by atoms with Gasteiger partial charge in [0.1, 0.15) is 5.82 Å². The van der Waals surface area contributed by atoms with Crippen molar-refractivity contribution in [3.05, 3.63) is 34.1 Å². The van der Waals surface area contributed by atoms with Crippen LogP contribution in [0.1, 0.15) is 51.0 Å². The Hall–Kier alpha value is -0.410. The van der Waals surface area contributed by atoms with Gasteiger partial charge in [-0.2, -0.15) is 0 Å². The summed E-state index contributed by atoms with van der Waals surface area (Å²) in [5.74, 6) is -0.111. The maximum atomic E-state index is 13.8.